The van der Waals surface area contributed by atoms with Crippen molar-refractivity contribution in [1.29, 1.82) is 0 Å². The minimum atomic E-state index is -0.482. The van der Waals surface area contributed by atoms with Gasteiger partial charge in [0.2, 0.25) is 5.91 Å². The summed E-state index contributed by atoms with van der Waals surface area (Å²) in [6.07, 6.45) is 2.28. The molecule has 1 spiro atoms. The molecule has 1 N–H and O–H groups in total. The van der Waals surface area contributed by atoms with Gasteiger partial charge < -0.3 is 19.4 Å². The number of hydrogen-bond acceptors (Lipinski definition) is 5. The van der Waals surface area contributed by atoms with Crippen molar-refractivity contribution in [3.05, 3.63) is 52.9 Å². The molecule has 1 aromatic heterocycles. The second kappa shape index (κ2) is 7.39. The summed E-state index contributed by atoms with van der Waals surface area (Å²) in [5.41, 5.74) is 1.32. The Kier molecular flexibility index (Phi) is 4.93. The van der Waals surface area contributed by atoms with Crippen LogP contribution < -0.4 is 0 Å². The molecule has 1 unspecified atom stereocenters. The first kappa shape index (κ1) is 18.7. The van der Waals surface area contributed by atoms with Crippen LogP contribution in [0.1, 0.15) is 40.2 Å². The van der Waals surface area contributed by atoms with Crippen molar-refractivity contribution in [1.82, 2.24) is 15.0 Å². The number of likely N-dealkylation sites (tertiary alicyclic amines) is 2. The first-order chi connectivity index (χ1) is 13.5. The van der Waals surface area contributed by atoms with Gasteiger partial charge in [-0.2, -0.15) is 0 Å². The second-order valence-corrected chi connectivity index (χ2v) is 7.76. The number of rotatable bonds is 5. The highest BCUT2D eigenvalue weighted by Gasteiger charge is 2.51. The number of aliphatic hydroxyl groups excluding tert-OH is 1. The summed E-state index contributed by atoms with van der Waals surface area (Å²) >= 11 is 0. The number of aliphatic hydroxyl groups is 1. The lowest BCUT2D eigenvalue weighted by Gasteiger charge is -2.23. The van der Waals surface area contributed by atoms with E-state index in [0.717, 1.165) is 19.4 Å². The zero-order valence-electron chi connectivity index (χ0n) is 16.1. The van der Waals surface area contributed by atoms with Crippen LogP contribution in [0.15, 0.2) is 34.9 Å². The molecule has 2 aliphatic heterocycles. The summed E-state index contributed by atoms with van der Waals surface area (Å²) in [6.45, 7) is 3.75. The number of benzene rings is 1. The molecule has 7 heteroatoms. The van der Waals surface area contributed by atoms with Crippen LogP contribution in [0, 0.1) is 12.3 Å². The quantitative estimate of drug-likeness (QED) is 0.851. The average Bonchev–Trinajstić information content (AvgIpc) is 3.40. The van der Waals surface area contributed by atoms with Gasteiger partial charge in [0, 0.05) is 26.2 Å². The molecular formula is C21H25N3O4. The summed E-state index contributed by atoms with van der Waals surface area (Å²) in [5, 5.41) is 13.3. The monoisotopic (exact) mass is 383 g/mol. The van der Waals surface area contributed by atoms with Gasteiger partial charge in [0.25, 0.3) is 5.91 Å². The molecule has 28 heavy (non-hydrogen) atoms. The summed E-state index contributed by atoms with van der Waals surface area (Å²) in [5.74, 6) is 0.328. The van der Waals surface area contributed by atoms with Gasteiger partial charge in [-0.25, -0.2) is 0 Å². The number of carbonyl (C=O) groups is 2. The molecule has 3 heterocycles. The van der Waals surface area contributed by atoms with Gasteiger partial charge in [0.05, 0.1) is 17.6 Å². The van der Waals surface area contributed by atoms with Crippen molar-refractivity contribution >= 4 is 11.8 Å². The lowest BCUT2D eigenvalue weighted by molar-refractivity contribution is -0.135. The molecule has 2 saturated heterocycles. The van der Waals surface area contributed by atoms with Crippen molar-refractivity contribution in [2.75, 3.05) is 26.2 Å². The van der Waals surface area contributed by atoms with E-state index in [2.05, 4.69) is 17.3 Å². The maximum atomic E-state index is 13.1. The molecule has 2 amide bonds. The highest BCUT2D eigenvalue weighted by molar-refractivity contribution is 5.95. The average molecular weight is 383 g/mol. The summed E-state index contributed by atoms with van der Waals surface area (Å²) in [7, 11) is 0. The smallest absolute Gasteiger partial charge is 0.276 e. The molecule has 2 aliphatic rings. The van der Waals surface area contributed by atoms with Gasteiger partial charge in [-0.3, -0.25) is 9.59 Å². The van der Waals surface area contributed by atoms with E-state index in [1.165, 1.54) is 5.56 Å². The van der Waals surface area contributed by atoms with Crippen molar-refractivity contribution in [3.63, 3.8) is 0 Å². The molecule has 0 aliphatic carbocycles. The Labute approximate surface area is 163 Å². The number of aryl methyl sites for hydroxylation is 1. The SMILES string of the molecule is Cc1onc(C(=O)N2CCC3(CCN(CCc4ccccc4)C3=O)C2)c1CO. The largest absolute Gasteiger partial charge is 0.391 e. The third-order valence-electron chi connectivity index (χ3n) is 6.10. The number of nitrogens with zero attached hydrogens (tertiary/aromatic N) is 3. The third kappa shape index (κ3) is 3.20. The van der Waals surface area contributed by atoms with Crippen LogP contribution in [0.5, 0.6) is 0 Å². The van der Waals surface area contributed by atoms with Crippen LogP contribution in [0.3, 0.4) is 0 Å². The molecule has 0 bridgehead atoms. The fourth-order valence-corrected chi connectivity index (χ4v) is 4.33. The van der Waals surface area contributed by atoms with Crippen molar-refractivity contribution in [2.45, 2.75) is 32.8 Å². The molecule has 1 aromatic carbocycles. The van der Waals surface area contributed by atoms with Gasteiger partial charge in [0.1, 0.15) is 5.76 Å². The van der Waals surface area contributed by atoms with E-state index in [4.69, 9.17) is 4.52 Å². The normalized spacial score (nSPS) is 21.9. The Morgan fingerprint density at radius 1 is 1.25 bits per heavy atom. The van der Waals surface area contributed by atoms with Gasteiger partial charge in [-0.05, 0) is 31.7 Å². The molecule has 2 fully saturated rings. The maximum absolute atomic E-state index is 13.1. The zero-order chi connectivity index (χ0) is 19.7. The van der Waals surface area contributed by atoms with Gasteiger partial charge in [0.15, 0.2) is 5.69 Å². The zero-order valence-corrected chi connectivity index (χ0v) is 16.1. The van der Waals surface area contributed by atoms with Crippen LogP contribution in [-0.2, 0) is 17.8 Å². The van der Waals surface area contributed by atoms with E-state index < -0.39 is 5.41 Å². The van der Waals surface area contributed by atoms with E-state index >= 15 is 0 Å². The Morgan fingerprint density at radius 3 is 2.75 bits per heavy atom. The number of aromatic nitrogens is 1. The van der Waals surface area contributed by atoms with Crippen LogP contribution in [0.25, 0.3) is 0 Å². The minimum absolute atomic E-state index is 0.150. The molecule has 7 nitrogen and oxygen atoms in total. The van der Waals surface area contributed by atoms with Crippen molar-refractivity contribution < 1.29 is 19.2 Å². The molecule has 148 valence electrons. The Morgan fingerprint density at radius 2 is 2.00 bits per heavy atom. The van der Waals surface area contributed by atoms with E-state index in [9.17, 15) is 14.7 Å². The fraction of sp³-hybridized carbons (Fsp3) is 0.476. The molecule has 1 atom stereocenters. The third-order valence-corrected chi connectivity index (χ3v) is 6.10. The number of hydrogen-bond donors (Lipinski definition) is 1. The standard InChI is InChI=1S/C21H25N3O4/c1-15-17(13-25)18(22-28-15)19(26)24-12-9-21(14-24)8-11-23(20(21)27)10-7-16-5-3-2-4-6-16/h2-6,25H,7-14H2,1H3. The second-order valence-electron chi connectivity index (χ2n) is 7.76. The topological polar surface area (TPSA) is 86.9 Å². The lowest BCUT2D eigenvalue weighted by atomic mass is 9.85. The lowest BCUT2D eigenvalue weighted by Crippen LogP contribution is -2.39. The summed E-state index contributed by atoms with van der Waals surface area (Å²) in [4.78, 5) is 29.5. The molecule has 4 rings (SSSR count). The highest BCUT2D eigenvalue weighted by atomic mass is 16.5. The summed E-state index contributed by atoms with van der Waals surface area (Å²) < 4.78 is 5.06. The van der Waals surface area contributed by atoms with Crippen molar-refractivity contribution in [3.8, 4) is 0 Å². The number of carbonyl (C=O) groups excluding carboxylic acids is 2. The minimum Gasteiger partial charge on any atom is -0.391 e. The van der Waals surface area contributed by atoms with Crippen molar-refractivity contribution in [2.24, 2.45) is 5.41 Å². The van der Waals surface area contributed by atoms with E-state index in [-0.39, 0.29) is 24.1 Å². The molecule has 0 saturated carbocycles. The Balaban J connectivity index is 1.41. The predicted molar refractivity (Wildman–Crippen MR) is 101 cm³/mol. The molecular weight excluding hydrogens is 358 g/mol. The fourth-order valence-electron chi connectivity index (χ4n) is 4.33. The van der Waals surface area contributed by atoms with Crippen LogP contribution in [-0.4, -0.2) is 58.1 Å². The van der Waals surface area contributed by atoms with E-state index in [1.807, 2.05) is 23.1 Å². The van der Waals surface area contributed by atoms with Gasteiger partial charge in [-0.15, -0.1) is 0 Å². The van der Waals surface area contributed by atoms with Crippen LogP contribution in [0.2, 0.25) is 0 Å². The van der Waals surface area contributed by atoms with Crippen LogP contribution in [0.4, 0.5) is 0 Å². The Bertz CT molecular complexity index is 879. The first-order valence-electron chi connectivity index (χ1n) is 9.73. The summed E-state index contributed by atoms with van der Waals surface area (Å²) in [6, 6.07) is 10.2. The maximum Gasteiger partial charge on any atom is 0.276 e. The Hall–Kier alpha value is -2.67. The highest BCUT2D eigenvalue weighted by Crippen LogP contribution is 2.41. The molecule has 2 aromatic rings. The van der Waals surface area contributed by atoms with Gasteiger partial charge >= 0.3 is 0 Å². The predicted octanol–water partition coefficient (Wildman–Crippen LogP) is 1.78. The van der Waals surface area contributed by atoms with Gasteiger partial charge in [-0.1, -0.05) is 35.5 Å². The van der Waals surface area contributed by atoms with E-state index in [1.54, 1.807) is 11.8 Å². The first-order valence-corrected chi connectivity index (χ1v) is 9.73. The molecule has 0 radical (unpaired) electrons. The van der Waals surface area contributed by atoms with E-state index in [0.29, 0.717) is 37.4 Å². The van der Waals surface area contributed by atoms with Crippen LogP contribution >= 0.6 is 0 Å². The number of amides is 2.